The summed E-state index contributed by atoms with van der Waals surface area (Å²) >= 11 is 0. The fourth-order valence-electron chi connectivity index (χ4n) is 3.95. The summed E-state index contributed by atoms with van der Waals surface area (Å²) in [5.74, 6) is 0. The molecule has 2 N–H and O–H groups in total. The summed E-state index contributed by atoms with van der Waals surface area (Å²) in [4.78, 5) is 36.2. The lowest BCUT2D eigenvalue weighted by molar-refractivity contribution is 0.0761. The number of nitrogens with zero attached hydrogens (tertiary/aromatic N) is 5. The maximum Gasteiger partial charge on any atom is 0.469 e. The van der Waals surface area contributed by atoms with E-state index in [1.165, 1.54) is 4.90 Å². The highest BCUT2D eigenvalue weighted by atomic mass is 31.2. The average Bonchev–Trinajstić information content (AvgIpc) is 3.41. The van der Waals surface area contributed by atoms with Gasteiger partial charge in [0.15, 0.2) is 0 Å². The summed E-state index contributed by atoms with van der Waals surface area (Å²) in [7, 11) is -2.86. The molecule has 3 aromatic rings. The smallest absolute Gasteiger partial charge is 0.441 e. The van der Waals surface area contributed by atoms with Crippen LogP contribution in [-0.4, -0.2) is 54.6 Å². The van der Waals surface area contributed by atoms with Gasteiger partial charge in [0.2, 0.25) is 0 Å². The third-order valence-electron chi connectivity index (χ3n) is 5.35. The van der Waals surface area contributed by atoms with Gasteiger partial charge in [0.05, 0.1) is 30.2 Å². The predicted octanol–water partition coefficient (Wildman–Crippen LogP) is 1.90. The number of carbonyl (C=O) groups excluding carboxylic acids is 1. The largest absolute Gasteiger partial charge is 0.469 e. The first-order valence-corrected chi connectivity index (χ1v) is 11.0. The van der Waals surface area contributed by atoms with Gasteiger partial charge in [0, 0.05) is 18.8 Å². The van der Waals surface area contributed by atoms with Crippen molar-refractivity contribution in [2.75, 3.05) is 11.5 Å². The summed E-state index contributed by atoms with van der Waals surface area (Å²) < 4.78 is 22.4. The van der Waals surface area contributed by atoms with E-state index < -0.39 is 20.0 Å². The number of amides is 1. The zero-order valence-corrected chi connectivity index (χ0v) is 17.2. The number of hydrogen-bond acceptors (Lipinski definition) is 7. The number of fused-ring (bicyclic) bond motifs is 3. The van der Waals surface area contributed by atoms with Crippen LogP contribution < -0.4 is 4.90 Å². The molecule has 2 aliphatic rings. The lowest BCUT2D eigenvalue weighted by Gasteiger charge is -2.16. The van der Waals surface area contributed by atoms with Gasteiger partial charge in [-0.1, -0.05) is 17.3 Å². The van der Waals surface area contributed by atoms with Gasteiger partial charge < -0.3 is 14.5 Å². The van der Waals surface area contributed by atoms with E-state index >= 15 is 0 Å². The van der Waals surface area contributed by atoms with Crippen molar-refractivity contribution >= 4 is 19.6 Å². The number of ether oxygens (including phenoxy) is 1. The van der Waals surface area contributed by atoms with Gasteiger partial charge in [0.25, 0.3) is 0 Å². The van der Waals surface area contributed by atoms with Crippen molar-refractivity contribution in [1.82, 2.24) is 20.0 Å². The Hall–Kier alpha value is -3.11. The minimum absolute atomic E-state index is 0.369. The summed E-state index contributed by atoms with van der Waals surface area (Å²) in [6, 6.07) is 9.17. The van der Waals surface area contributed by atoms with Crippen molar-refractivity contribution in [2.24, 2.45) is 7.05 Å². The molecule has 160 valence electrons. The second kappa shape index (κ2) is 7.24. The molecule has 1 fully saturated rings. The van der Waals surface area contributed by atoms with E-state index in [2.05, 4.69) is 19.8 Å². The Balaban J connectivity index is 1.37. The van der Waals surface area contributed by atoms with E-state index in [0.29, 0.717) is 17.8 Å². The van der Waals surface area contributed by atoms with E-state index in [0.717, 1.165) is 22.4 Å². The van der Waals surface area contributed by atoms with Crippen molar-refractivity contribution in [3.05, 3.63) is 48.3 Å². The highest BCUT2D eigenvalue weighted by Gasteiger charge is 2.48. The van der Waals surface area contributed by atoms with Gasteiger partial charge in [-0.25, -0.2) is 9.36 Å². The van der Waals surface area contributed by atoms with E-state index in [9.17, 15) is 9.36 Å². The molecule has 4 heterocycles. The second-order valence-electron chi connectivity index (χ2n) is 7.40. The number of benzene rings is 1. The molecule has 2 atom stereocenters. The highest BCUT2D eigenvalue weighted by Crippen LogP contribution is 2.42. The minimum Gasteiger partial charge on any atom is -0.441 e. The Kier molecular flexibility index (Phi) is 4.63. The molecule has 0 saturated carbocycles. The van der Waals surface area contributed by atoms with Gasteiger partial charge >= 0.3 is 13.9 Å². The van der Waals surface area contributed by atoms with Crippen molar-refractivity contribution in [1.29, 1.82) is 0 Å². The van der Waals surface area contributed by atoms with Crippen molar-refractivity contribution in [2.45, 2.75) is 18.6 Å². The van der Waals surface area contributed by atoms with Crippen molar-refractivity contribution in [3.8, 4) is 22.5 Å². The summed E-state index contributed by atoms with van der Waals surface area (Å²) in [5, 5.41) is 7.97. The van der Waals surface area contributed by atoms with Crippen LogP contribution in [0.1, 0.15) is 5.56 Å². The van der Waals surface area contributed by atoms with Crippen LogP contribution in [-0.2, 0) is 27.3 Å². The van der Waals surface area contributed by atoms with Gasteiger partial charge in [-0.05, 0) is 35.7 Å². The second-order valence-corrected chi connectivity index (χ2v) is 8.64. The van der Waals surface area contributed by atoms with E-state index in [1.807, 2.05) is 30.3 Å². The minimum atomic E-state index is -4.65. The van der Waals surface area contributed by atoms with Gasteiger partial charge in [-0.3, -0.25) is 19.1 Å². The number of rotatable bonds is 5. The van der Waals surface area contributed by atoms with Gasteiger partial charge in [-0.15, -0.1) is 5.10 Å². The molecule has 1 amide bonds. The number of aromatic nitrogens is 4. The summed E-state index contributed by atoms with van der Waals surface area (Å²) in [6.45, 7) is -0.369. The number of phosphoric acid groups is 1. The van der Waals surface area contributed by atoms with Crippen LogP contribution in [0.2, 0.25) is 0 Å². The number of pyridine rings is 1. The molecule has 11 nitrogen and oxygen atoms in total. The average molecular weight is 443 g/mol. The van der Waals surface area contributed by atoms with Crippen LogP contribution in [0.15, 0.2) is 42.7 Å². The fourth-order valence-corrected chi connectivity index (χ4v) is 4.29. The molecule has 0 aliphatic carbocycles. The number of aryl methyl sites for hydroxylation is 1. The van der Waals surface area contributed by atoms with Crippen LogP contribution in [0.25, 0.3) is 22.5 Å². The van der Waals surface area contributed by atoms with Crippen LogP contribution in [0.5, 0.6) is 0 Å². The zero-order chi connectivity index (χ0) is 21.8. The molecule has 2 aliphatic heterocycles. The van der Waals surface area contributed by atoms with Crippen LogP contribution in [0.3, 0.4) is 0 Å². The molecule has 1 saturated heterocycles. The fraction of sp³-hybridized carbons (Fsp3) is 0.263. The first kappa shape index (κ1) is 19.8. The molecular formula is C19H18N5O6P. The van der Waals surface area contributed by atoms with Crippen LogP contribution in [0, 0.1) is 0 Å². The number of hydrogen-bond donors (Lipinski definition) is 2. The molecule has 0 radical (unpaired) electrons. The van der Waals surface area contributed by atoms with E-state index in [-0.39, 0.29) is 12.6 Å². The maximum absolute atomic E-state index is 12.3. The summed E-state index contributed by atoms with van der Waals surface area (Å²) in [5.41, 5.74) is 4.92. The molecular weight excluding hydrogens is 425 g/mol. The molecule has 5 rings (SSSR count). The molecule has 2 unspecified atom stereocenters. The monoisotopic (exact) mass is 443 g/mol. The van der Waals surface area contributed by atoms with E-state index in [1.54, 1.807) is 24.1 Å². The standard InChI is InChI=1S/C19H18N5O6P/c1-23-9-15(21-22-23)14-4-2-12(8-20-14)11-3-5-16-13(6-11)7-17-18(10-29-31(26,27)28)30-19(25)24(16)17/h2-6,8-9,17-18H,7,10H2,1H3,(H2,26,27,28). The molecule has 31 heavy (non-hydrogen) atoms. The molecule has 2 aromatic heterocycles. The Labute approximate surface area is 176 Å². The lowest BCUT2D eigenvalue weighted by Crippen LogP contribution is -2.35. The lowest BCUT2D eigenvalue weighted by atomic mass is 10.0. The Morgan fingerprint density at radius 1 is 1.23 bits per heavy atom. The van der Waals surface area contributed by atoms with E-state index in [4.69, 9.17) is 14.5 Å². The topological polar surface area (TPSA) is 140 Å². The molecule has 12 heteroatoms. The Bertz CT molecular complexity index is 1210. The van der Waals surface area contributed by atoms with Crippen molar-refractivity contribution < 1.29 is 28.4 Å². The molecule has 1 aromatic carbocycles. The first-order valence-electron chi connectivity index (χ1n) is 9.44. The normalized spacial score (nSPS) is 20.0. The Morgan fingerprint density at radius 3 is 2.71 bits per heavy atom. The SMILES string of the molecule is Cn1cc(-c2ccc(-c3ccc4c(c3)CC3C(COP(=O)(O)O)OC(=O)N43)cn2)nn1. The summed E-state index contributed by atoms with van der Waals surface area (Å²) in [6.07, 6.45) is 2.73. The molecule has 0 bridgehead atoms. The Morgan fingerprint density at radius 2 is 2.03 bits per heavy atom. The zero-order valence-electron chi connectivity index (χ0n) is 16.3. The van der Waals surface area contributed by atoms with Crippen LogP contribution in [0.4, 0.5) is 10.5 Å². The number of cyclic esters (lactones) is 1. The van der Waals surface area contributed by atoms with Crippen molar-refractivity contribution in [3.63, 3.8) is 0 Å². The number of phosphoric ester groups is 1. The number of carbonyl (C=O) groups is 1. The third-order valence-corrected chi connectivity index (χ3v) is 5.83. The number of anilines is 1. The quantitative estimate of drug-likeness (QED) is 0.566. The highest BCUT2D eigenvalue weighted by molar-refractivity contribution is 7.46. The van der Waals surface area contributed by atoms with Gasteiger partial charge in [0.1, 0.15) is 11.8 Å². The van der Waals surface area contributed by atoms with Gasteiger partial charge in [-0.2, -0.15) is 0 Å². The third kappa shape index (κ3) is 3.72. The van der Waals surface area contributed by atoms with Crippen LogP contribution >= 0.6 is 7.82 Å². The molecule has 0 spiro atoms. The first-order chi connectivity index (χ1) is 14.8. The predicted molar refractivity (Wildman–Crippen MR) is 108 cm³/mol. The maximum atomic E-state index is 12.3.